The summed E-state index contributed by atoms with van der Waals surface area (Å²) in [5, 5.41) is 6.66. The van der Waals surface area contributed by atoms with Crippen LogP contribution in [0.5, 0.6) is 0 Å². The molecule has 0 unspecified atom stereocenters. The molecule has 3 rings (SSSR count). The number of ether oxygens (including phenoxy) is 2. The summed E-state index contributed by atoms with van der Waals surface area (Å²) in [6.45, 7) is 4.32. The molecule has 0 radical (unpaired) electrons. The highest BCUT2D eigenvalue weighted by molar-refractivity contribution is 5.79. The SMILES string of the molecule is CN=C(NCCCOCCOC)NCc1ccc(Cn2cnc3ccccc32)cc1. The average Bonchev–Trinajstić information content (AvgIpc) is 3.19. The standard InChI is InChI=1S/C23H31N5O2/c1-24-23(25-12-5-13-30-15-14-29-2)26-16-19-8-10-20(11-9-19)17-28-18-27-21-6-3-4-7-22(21)28/h3-4,6-11,18H,5,12-17H2,1-2H3,(H2,24,25,26). The van der Waals surface area contributed by atoms with Gasteiger partial charge in [0.1, 0.15) is 0 Å². The Bertz CT molecular complexity index is 921. The minimum atomic E-state index is 0.633. The van der Waals surface area contributed by atoms with E-state index in [0.29, 0.717) is 19.8 Å². The van der Waals surface area contributed by atoms with E-state index < -0.39 is 0 Å². The minimum Gasteiger partial charge on any atom is -0.382 e. The highest BCUT2D eigenvalue weighted by atomic mass is 16.5. The number of nitrogens with zero attached hydrogens (tertiary/aromatic N) is 3. The van der Waals surface area contributed by atoms with Gasteiger partial charge in [0.25, 0.3) is 0 Å². The van der Waals surface area contributed by atoms with Crippen molar-refractivity contribution >= 4 is 17.0 Å². The first kappa shape index (κ1) is 21.8. The van der Waals surface area contributed by atoms with Crippen LogP contribution < -0.4 is 10.6 Å². The van der Waals surface area contributed by atoms with E-state index in [0.717, 1.165) is 43.0 Å². The second kappa shape index (κ2) is 11.9. The number of hydrogen-bond acceptors (Lipinski definition) is 4. The Labute approximate surface area is 178 Å². The van der Waals surface area contributed by atoms with Gasteiger partial charge >= 0.3 is 0 Å². The number of methoxy groups -OCH3 is 1. The molecule has 2 aromatic carbocycles. The number of benzene rings is 2. The van der Waals surface area contributed by atoms with E-state index in [2.05, 4.69) is 55.5 Å². The lowest BCUT2D eigenvalue weighted by Crippen LogP contribution is -2.37. The molecule has 1 heterocycles. The van der Waals surface area contributed by atoms with Gasteiger partial charge in [-0.25, -0.2) is 4.98 Å². The normalized spacial score (nSPS) is 11.7. The summed E-state index contributed by atoms with van der Waals surface area (Å²) in [5.74, 6) is 0.792. The first-order chi connectivity index (χ1) is 14.8. The number of nitrogens with one attached hydrogen (secondary N) is 2. The van der Waals surface area contributed by atoms with Crippen LogP contribution in [0.3, 0.4) is 0 Å². The van der Waals surface area contributed by atoms with Crippen LogP contribution in [0, 0.1) is 0 Å². The fraction of sp³-hybridized carbons (Fsp3) is 0.391. The molecular formula is C23H31N5O2. The van der Waals surface area contributed by atoms with Crippen molar-refractivity contribution in [2.75, 3.05) is 40.5 Å². The van der Waals surface area contributed by atoms with E-state index in [1.807, 2.05) is 24.5 Å². The van der Waals surface area contributed by atoms with E-state index in [9.17, 15) is 0 Å². The van der Waals surface area contributed by atoms with Crippen LogP contribution >= 0.6 is 0 Å². The van der Waals surface area contributed by atoms with Crippen LogP contribution in [0.2, 0.25) is 0 Å². The summed E-state index contributed by atoms with van der Waals surface area (Å²) in [6, 6.07) is 16.8. The van der Waals surface area contributed by atoms with Crippen LogP contribution in [-0.2, 0) is 22.6 Å². The molecule has 30 heavy (non-hydrogen) atoms. The van der Waals surface area contributed by atoms with Gasteiger partial charge in [-0.3, -0.25) is 4.99 Å². The smallest absolute Gasteiger partial charge is 0.191 e. The summed E-state index contributed by atoms with van der Waals surface area (Å²) < 4.78 is 12.6. The monoisotopic (exact) mass is 409 g/mol. The fourth-order valence-corrected chi connectivity index (χ4v) is 3.13. The molecule has 0 aliphatic rings. The molecule has 160 valence electrons. The second-order valence-electron chi connectivity index (χ2n) is 6.99. The van der Waals surface area contributed by atoms with Gasteiger partial charge in [0.05, 0.1) is 30.6 Å². The first-order valence-corrected chi connectivity index (χ1v) is 10.3. The van der Waals surface area contributed by atoms with Crippen LogP contribution in [-0.4, -0.2) is 56.0 Å². The molecular weight excluding hydrogens is 378 g/mol. The maximum Gasteiger partial charge on any atom is 0.191 e. The lowest BCUT2D eigenvalue weighted by molar-refractivity contribution is 0.0698. The number of fused-ring (bicyclic) bond motifs is 1. The summed E-state index contributed by atoms with van der Waals surface area (Å²) in [4.78, 5) is 8.73. The largest absolute Gasteiger partial charge is 0.382 e. The van der Waals surface area contributed by atoms with Crippen molar-refractivity contribution in [2.45, 2.75) is 19.5 Å². The number of rotatable bonds is 11. The number of aromatic nitrogens is 2. The van der Waals surface area contributed by atoms with Crippen molar-refractivity contribution in [3.8, 4) is 0 Å². The highest BCUT2D eigenvalue weighted by Gasteiger charge is 2.03. The quantitative estimate of drug-likeness (QED) is 0.289. The van der Waals surface area contributed by atoms with E-state index in [4.69, 9.17) is 9.47 Å². The minimum absolute atomic E-state index is 0.633. The molecule has 0 fully saturated rings. The van der Waals surface area contributed by atoms with Crippen molar-refractivity contribution in [1.29, 1.82) is 0 Å². The second-order valence-corrected chi connectivity index (χ2v) is 6.99. The zero-order chi connectivity index (χ0) is 21.0. The lowest BCUT2D eigenvalue weighted by atomic mass is 10.1. The topological polar surface area (TPSA) is 72.7 Å². The number of guanidine groups is 1. The highest BCUT2D eigenvalue weighted by Crippen LogP contribution is 2.14. The van der Waals surface area contributed by atoms with Gasteiger partial charge in [-0.2, -0.15) is 0 Å². The first-order valence-electron chi connectivity index (χ1n) is 10.3. The molecule has 3 aromatic rings. The predicted octanol–water partition coefficient (Wildman–Crippen LogP) is 2.80. The lowest BCUT2D eigenvalue weighted by Gasteiger charge is -2.12. The average molecular weight is 410 g/mol. The molecule has 0 atom stereocenters. The van der Waals surface area contributed by atoms with Gasteiger partial charge in [-0.1, -0.05) is 36.4 Å². The fourth-order valence-electron chi connectivity index (χ4n) is 3.13. The van der Waals surface area contributed by atoms with E-state index in [-0.39, 0.29) is 0 Å². The van der Waals surface area contributed by atoms with Crippen LogP contribution in [0.25, 0.3) is 11.0 Å². The van der Waals surface area contributed by atoms with Crippen molar-refractivity contribution in [3.63, 3.8) is 0 Å². The Morgan fingerprint density at radius 1 is 1.00 bits per heavy atom. The maximum atomic E-state index is 5.46. The van der Waals surface area contributed by atoms with Gasteiger partial charge in [0, 0.05) is 40.4 Å². The number of para-hydroxylation sites is 2. The zero-order valence-electron chi connectivity index (χ0n) is 17.8. The summed E-state index contributed by atoms with van der Waals surface area (Å²) in [5.41, 5.74) is 4.64. The van der Waals surface area contributed by atoms with Gasteiger partial charge < -0.3 is 24.7 Å². The number of hydrogen-bond donors (Lipinski definition) is 2. The molecule has 0 aliphatic heterocycles. The predicted molar refractivity (Wildman–Crippen MR) is 121 cm³/mol. The third-order valence-corrected chi connectivity index (χ3v) is 4.78. The Kier molecular flexibility index (Phi) is 8.68. The third-order valence-electron chi connectivity index (χ3n) is 4.78. The molecule has 0 saturated heterocycles. The maximum absolute atomic E-state index is 5.46. The molecule has 0 spiro atoms. The van der Waals surface area contributed by atoms with E-state index in [1.165, 1.54) is 11.1 Å². The van der Waals surface area contributed by atoms with Crippen LogP contribution in [0.15, 0.2) is 59.9 Å². The summed E-state index contributed by atoms with van der Waals surface area (Å²) in [7, 11) is 3.46. The Morgan fingerprint density at radius 2 is 1.80 bits per heavy atom. The van der Waals surface area contributed by atoms with Crippen molar-refractivity contribution in [2.24, 2.45) is 4.99 Å². The number of aliphatic imine (C=N–C) groups is 1. The molecule has 0 aliphatic carbocycles. The third kappa shape index (κ3) is 6.57. The molecule has 7 nitrogen and oxygen atoms in total. The van der Waals surface area contributed by atoms with Gasteiger partial charge in [-0.15, -0.1) is 0 Å². The number of imidazole rings is 1. The van der Waals surface area contributed by atoms with Crippen LogP contribution in [0.1, 0.15) is 17.5 Å². The van der Waals surface area contributed by atoms with Crippen molar-refractivity contribution in [1.82, 2.24) is 20.2 Å². The molecule has 0 saturated carbocycles. The molecule has 7 heteroatoms. The summed E-state index contributed by atoms with van der Waals surface area (Å²) in [6.07, 6.45) is 2.82. The zero-order valence-corrected chi connectivity index (χ0v) is 17.8. The van der Waals surface area contributed by atoms with Crippen molar-refractivity contribution < 1.29 is 9.47 Å². The van der Waals surface area contributed by atoms with E-state index in [1.54, 1.807) is 14.2 Å². The Hall–Kier alpha value is -2.90. The van der Waals surface area contributed by atoms with Gasteiger partial charge in [0.15, 0.2) is 5.96 Å². The molecule has 1 aromatic heterocycles. The molecule has 0 bridgehead atoms. The van der Waals surface area contributed by atoms with Gasteiger partial charge in [0.2, 0.25) is 0 Å². The van der Waals surface area contributed by atoms with Crippen molar-refractivity contribution in [3.05, 3.63) is 66.0 Å². The van der Waals surface area contributed by atoms with Crippen LogP contribution in [0.4, 0.5) is 0 Å². The molecule has 2 N–H and O–H groups in total. The Morgan fingerprint density at radius 3 is 2.60 bits per heavy atom. The Balaban J connectivity index is 1.41. The van der Waals surface area contributed by atoms with E-state index >= 15 is 0 Å². The summed E-state index contributed by atoms with van der Waals surface area (Å²) >= 11 is 0. The van der Waals surface area contributed by atoms with Gasteiger partial charge in [-0.05, 0) is 29.7 Å². The molecule has 0 amide bonds.